The summed E-state index contributed by atoms with van der Waals surface area (Å²) in [6.45, 7) is 4.06. The molecule has 6 nitrogen and oxygen atoms in total. The number of hydrogen-bond acceptors (Lipinski definition) is 4. The van der Waals surface area contributed by atoms with Crippen molar-refractivity contribution in [1.29, 1.82) is 0 Å². The van der Waals surface area contributed by atoms with Crippen molar-refractivity contribution in [3.8, 4) is 5.88 Å². The molecule has 106 valence electrons. The van der Waals surface area contributed by atoms with Gasteiger partial charge in [0.2, 0.25) is 5.88 Å². The lowest BCUT2D eigenvalue weighted by molar-refractivity contribution is 0.193. The Bertz CT molecular complexity index is 385. The topological polar surface area (TPSA) is 72.5 Å². The van der Waals surface area contributed by atoms with Crippen molar-refractivity contribution in [1.82, 2.24) is 15.6 Å². The van der Waals surface area contributed by atoms with E-state index in [1.54, 1.807) is 13.3 Å². The van der Waals surface area contributed by atoms with E-state index in [0.717, 1.165) is 12.0 Å². The molecule has 0 atom stereocenters. The summed E-state index contributed by atoms with van der Waals surface area (Å²) >= 11 is 0. The van der Waals surface area contributed by atoms with Crippen molar-refractivity contribution < 1.29 is 14.3 Å². The summed E-state index contributed by atoms with van der Waals surface area (Å²) in [5, 5.41) is 5.51. The van der Waals surface area contributed by atoms with Crippen molar-refractivity contribution in [2.24, 2.45) is 0 Å². The number of hydrogen-bond donors (Lipinski definition) is 2. The quantitative estimate of drug-likeness (QED) is 0.697. The van der Waals surface area contributed by atoms with Gasteiger partial charge in [0, 0.05) is 38.6 Å². The smallest absolute Gasteiger partial charge is 0.315 e. The number of carbonyl (C=O) groups is 1. The van der Waals surface area contributed by atoms with Crippen LogP contribution in [0.4, 0.5) is 4.79 Å². The molecule has 0 aliphatic carbocycles. The highest BCUT2D eigenvalue weighted by molar-refractivity contribution is 5.73. The van der Waals surface area contributed by atoms with Crippen LogP contribution < -0.4 is 15.4 Å². The number of amides is 2. The Morgan fingerprint density at radius 2 is 2.26 bits per heavy atom. The zero-order valence-electron chi connectivity index (χ0n) is 11.4. The van der Waals surface area contributed by atoms with Crippen molar-refractivity contribution in [2.45, 2.75) is 19.9 Å². The van der Waals surface area contributed by atoms with Gasteiger partial charge in [-0.3, -0.25) is 0 Å². The predicted molar refractivity (Wildman–Crippen MR) is 72.1 cm³/mol. The zero-order valence-corrected chi connectivity index (χ0v) is 11.4. The second-order valence-electron chi connectivity index (χ2n) is 3.86. The van der Waals surface area contributed by atoms with Crippen LogP contribution in [-0.4, -0.2) is 37.9 Å². The van der Waals surface area contributed by atoms with Gasteiger partial charge in [0.1, 0.15) is 0 Å². The molecule has 1 aromatic rings. The van der Waals surface area contributed by atoms with Crippen molar-refractivity contribution >= 4 is 6.03 Å². The molecule has 19 heavy (non-hydrogen) atoms. The normalized spacial score (nSPS) is 10.0. The molecule has 0 spiro atoms. The maximum atomic E-state index is 11.5. The van der Waals surface area contributed by atoms with E-state index in [-0.39, 0.29) is 6.03 Å². The Labute approximate surface area is 113 Å². The van der Waals surface area contributed by atoms with Crippen LogP contribution in [0, 0.1) is 0 Å². The minimum Gasteiger partial charge on any atom is -0.478 e. The number of aromatic nitrogens is 1. The lowest BCUT2D eigenvalue weighted by Crippen LogP contribution is -2.36. The van der Waals surface area contributed by atoms with Crippen molar-refractivity contribution in [3.05, 3.63) is 23.9 Å². The second kappa shape index (κ2) is 9.16. The van der Waals surface area contributed by atoms with Gasteiger partial charge in [0.05, 0.1) is 6.61 Å². The molecule has 0 unspecified atom stereocenters. The fourth-order valence-corrected chi connectivity index (χ4v) is 1.48. The fourth-order valence-electron chi connectivity index (χ4n) is 1.48. The predicted octanol–water partition coefficient (Wildman–Crippen LogP) is 1.32. The van der Waals surface area contributed by atoms with E-state index in [4.69, 9.17) is 9.47 Å². The van der Waals surface area contributed by atoms with E-state index in [1.165, 1.54) is 0 Å². The largest absolute Gasteiger partial charge is 0.478 e. The van der Waals surface area contributed by atoms with Crippen LogP contribution in [-0.2, 0) is 11.3 Å². The minimum atomic E-state index is -0.206. The monoisotopic (exact) mass is 267 g/mol. The summed E-state index contributed by atoms with van der Waals surface area (Å²) in [5.41, 5.74) is 0.858. The van der Waals surface area contributed by atoms with Crippen LogP contribution >= 0.6 is 0 Å². The number of methoxy groups -OCH3 is 1. The highest BCUT2D eigenvalue weighted by Crippen LogP contribution is 2.13. The van der Waals surface area contributed by atoms with Gasteiger partial charge in [0.15, 0.2) is 0 Å². The molecule has 0 radical (unpaired) electrons. The molecule has 0 aliphatic rings. The van der Waals surface area contributed by atoms with Crippen LogP contribution in [0.1, 0.15) is 18.9 Å². The molecule has 0 saturated heterocycles. The third-order valence-electron chi connectivity index (χ3n) is 2.38. The molecule has 2 amide bonds. The Kier molecular flexibility index (Phi) is 7.34. The molecule has 2 N–H and O–H groups in total. The van der Waals surface area contributed by atoms with E-state index in [1.807, 2.05) is 19.1 Å². The zero-order chi connectivity index (χ0) is 13.9. The number of rotatable bonds is 8. The lowest BCUT2D eigenvalue weighted by Gasteiger charge is -2.10. The minimum absolute atomic E-state index is 0.206. The van der Waals surface area contributed by atoms with Gasteiger partial charge >= 0.3 is 6.03 Å². The first kappa shape index (κ1) is 15.2. The number of urea groups is 1. The summed E-state index contributed by atoms with van der Waals surface area (Å²) < 4.78 is 10.3. The molecule has 0 saturated carbocycles. The van der Waals surface area contributed by atoms with Gasteiger partial charge in [-0.25, -0.2) is 9.78 Å². The summed E-state index contributed by atoms with van der Waals surface area (Å²) in [7, 11) is 1.64. The lowest BCUT2D eigenvalue weighted by atomic mass is 10.2. The first-order valence-electron chi connectivity index (χ1n) is 6.35. The number of nitrogens with zero attached hydrogens (tertiary/aromatic N) is 1. The molecule has 0 aliphatic heterocycles. The van der Waals surface area contributed by atoms with E-state index in [0.29, 0.717) is 32.2 Å². The Hall–Kier alpha value is -1.82. The Morgan fingerprint density at radius 3 is 3.00 bits per heavy atom. The molecular formula is C13H21N3O3. The van der Waals surface area contributed by atoms with Crippen LogP contribution in [0.2, 0.25) is 0 Å². The number of nitrogens with one attached hydrogen (secondary N) is 2. The Balaban J connectivity index is 2.33. The standard InChI is InChI=1S/C13H21N3O3/c1-3-19-12-11(6-4-7-14-12)10-16-13(17)15-8-5-9-18-2/h4,6-7H,3,5,8-10H2,1-2H3,(H2,15,16,17). The third-order valence-corrected chi connectivity index (χ3v) is 2.38. The molecule has 1 aromatic heterocycles. The van der Waals surface area contributed by atoms with Crippen LogP contribution in [0.25, 0.3) is 0 Å². The van der Waals surface area contributed by atoms with E-state index >= 15 is 0 Å². The SMILES string of the molecule is CCOc1ncccc1CNC(=O)NCCCOC. The van der Waals surface area contributed by atoms with Crippen LogP contribution in [0.15, 0.2) is 18.3 Å². The summed E-state index contributed by atoms with van der Waals surface area (Å²) in [5.74, 6) is 0.560. The molecule has 6 heteroatoms. The van der Waals surface area contributed by atoms with Gasteiger partial charge in [-0.05, 0) is 19.4 Å². The highest BCUT2D eigenvalue weighted by atomic mass is 16.5. The van der Waals surface area contributed by atoms with Gasteiger partial charge in [-0.1, -0.05) is 6.07 Å². The van der Waals surface area contributed by atoms with E-state index in [9.17, 15) is 4.79 Å². The number of pyridine rings is 1. The van der Waals surface area contributed by atoms with Gasteiger partial charge in [0.25, 0.3) is 0 Å². The molecule has 0 fully saturated rings. The average molecular weight is 267 g/mol. The summed E-state index contributed by atoms with van der Waals surface area (Å²) in [4.78, 5) is 15.6. The van der Waals surface area contributed by atoms with Gasteiger partial charge < -0.3 is 20.1 Å². The summed E-state index contributed by atoms with van der Waals surface area (Å²) in [6.07, 6.45) is 2.46. The first-order valence-corrected chi connectivity index (χ1v) is 6.35. The van der Waals surface area contributed by atoms with Crippen LogP contribution in [0.5, 0.6) is 5.88 Å². The molecule has 0 bridgehead atoms. The summed E-state index contributed by atoms with van der Waals surface area (Å²) in [6, 6.07) is 3.49. The van der Waals surface area contributed by atoms with Crippen LogP contribution in [0.3, 0.4) is 0 Å². The Morgan fingerprint density at radius 1 is 1.42 bits per heavy atom. The average Bonchev–Trinajstić information content (AvgIpc) is 2.43. The fraction of sp³-hybridized carbons (Fsp3) is 0.538. The maximum absolute atomic E-state index is 11.5. The molecule has 1 rings (SSSR count). The van der Waals surface area contributed by atoms with Crippen molar-refractivity contribution in [3.63, 3.8) is 0 Å². The van der Waals surface area contributed by atoms with Gasteiger partial charge in [-0.15, -0.1) is 0 Å². The van der Waals surface area contributed by atoms with Crippen molar-refractivity contribution in [2.75, 3.05) is 26.9 Å². The molecule has 1 heterocycles. The van der Waals surface area contributed by atoms with E-state index in [2.05, 4.69) is 15.6 Å². The highest BCUT2D eigenvalue weighted by Gasteiger charge is 2.05. The molecular weight excluding hydrogens is 246 g/mol. The number of ether oxygens (including phenoxy) is 2. The van der Waals surface area contributed by atoms with E-state index < -0.39 is 0 Å². The van der Waals surface area contributed by atoms with Gasteiger partial charge in [-0.2, -0.15) is 0 Å². The molecule has 0 aromatic carbocycles. The third kappa shape index (κ3) is 6.05. The first-order chi connectivity index (χ1) is 9.27. The number of carbonyl (C=O) groups excluding carboxylic acids is 1. The second-order valence-corrected chi connectivity index (χ2v) is 3.86. The maximum Gasteiger partial charge on any atom is 0.315 e.